The minimum atomic E-state index is 0.476. The van der Waals surface area contributed by atoms with Gasteiger partial charge >= 0.3 is 0 Å². The normalized spacial score (nSPS) is 19.0. The van der Waals surface area contributed by atoms with Crippen LogP contribution in [0.1, 0.15) is 33.1 Å². The van der Waals surface area contributed by atoms with Gasteiger partial charge in [0.25, 0.3) is 0 Å². The first-order valence-corrected chi connectivity index (χ1v) is 6.16. The van der Waals surface area contributed by atoms with Gasteiger partial charge in [-0.05, 0) is 36.8 Å². The molecule has 2 N–H and O–H groups in total. The van der Waals surface area contributed by atoms with E-state index in [1.165, 1.54) is 19.3 Å². The summed E-state index contributed by atoms with van der Waals surface area (Å²) in [5.74, 6) is 0.964. The Bertz CT molecular complexity index is 358. The van der Waals surface area contributed by atoms with Crippen LogP contribution in [0.15, 0.2) is 18.3 Å². The van der Waals surface area contributed by atoms with Gasteiger partial charge in [-0.25, -0.2) is 4.98 Å². The first kappa shape index (κ1) is 11.2. The van der Waals surface area contributed by atoms with Crippen LogP contribution in [0.25, 0.3) is 0 Å². The lowest BCUT2D eigenvalue weighted by molar-refractivity contribution is 0.301. The number of nitrogen functional groups attached to an aromatic ring is 1. The number of aromatic nitrogens is 1. The Morgan fingerprint density at radius 1 is 1.44 bits per heavy atom. The second kappa shape index (κ2) is 4.32. The monoisotopic (exact) mass is 219 g/mol. The third-order valence-corrected chi connectivity index (χ3v) is 4.05. The molecule has 2 rings (SSSR count). The maximum atomic E-state index is 5.97. The second-order valence-corrected chi connectivity index (χ2v) is 4.79. The molecule has 16 heavy (non-hydrogen) atoms. The minimum absolute atomic E-state index is 0.476. The zero-order chi connectivity index (χ0) is 11.6. The third-order valence-electron chi connectivity index (χ3n) is 4.05. The molecule has 1 aromatic rings. The van der Waals surface area contributed by atoms with E-state index in [1.54, 1.807) is 0 Å². The molecule has 3 heteroatoms. The van der Waals surface area contributed by atoms with E-state index in [1.807, 2.05) is 18.3 Å². The van der Waals surface area contributed by atoms with Crippen LogP contribution >= 0.6 is 0 Å². The van der Waals surface area contributed by atoms with Crippen LogP contribution in [0.3, 0.4) is 0 Å². The van der Waals surface area contributed by atoms with Crippen LogP contribution in [-0.4, -0.2) is 18.1 Å². The molecule has 0 spiro atoms. The van der Waals surface area contributed by atoms with Crippen LogP contribution in [0, 0.1) is 5.41 Å². The molecular weight excluding hydrogens is 198 g/mol. The molecule has 0 saturated carbocycles. The summed E-state index contributed by atoms with van der Waals surface area (Å²) in [4.78, 5) is 6.73. The van der Waals surface area contributed by atoms with E-state index in [2.05, 4.69) is 23.7 Å². The number of hydrogen-bond acceptors (Lipinski definition) is 3. The van der Waals surface area contributed by atoms with E-state index in [4.69, 9.17) is 5.73 Å². The summed E-state index contributed by atoms with van der Waals surface area (Å²) >= 11 is 0. The van der Waals surface area contributed by atoms with E-state index in [-0.39, 0.29) is 0 Å². The third kappa shape index (κ3) is 1.86. The summed E-state index contributed by atoms with van der Waals surface area (Å²) in [6.45, 7) is 6.76. The lowest BCUT2D eigenvalue weighted by Gasteiger charge is -2.27. The quantitative estimate of drug-likeness (QED) is 0.850. The van der Waals surface area contributed by atoms with Gasteiger partial charge < -0.3 is 10.6 Å². The average Bonchev–Trinajstić information content (AvgIpc) is 2.75. The molecular formula is C13H21N3. The molecule has 1 aromatic heterocycles. The fourth-order valence-electron chi connectivity index (χ4n) is 2.62. The predicted octanol–water partition coefficient (Wildman–Crippen LogP) is 2.68. The number of pyridine rings is 1. The van der Waals surface area contributed by atoms with Gasteiger partial charge in [-0.15, -0.1) is 0 Å². The summed E-state index contributed by atoms with van der Waals surface area (Å²) in [5, 5.41) is 0. The molecule has 3 nitrogen and oxygen atoms in total. The van der Waals surface area contributed by atoms with Crippen LogP contribution in [-0.2, 0) is 0 Å². The minimum Gasteiger partial charge on any atom is -0.396 e. The molecule has 0 amide bonds. The van der Waals surface area contributed by atoms with Gasteiger partial charge in [0.2, 0.25) is 0 Å². The summed E-state index contributed by atoms with van der Waals surface area (Å²) in [7, 11) is 0. The van der Waals surface area contributed by atoms with E-state index in [9.17, 15) is 0 Å². The highest BCUT2D eigenvalue weighted by molar-refractivity contribution is 5.62. The van der Waals surface area contributed by atoms with Crippen molar-refractivity contribution in [2.24, 2.45) is 5.41 Å². The van der Waals surface area contributed by atoms with Gasteiger partial charge in [0.1, 0.15) is 0 Å². The van der Waals surface area contributed by atoms with Crippen molar-refractivity contribution in [1.82, 2.24) is 4.98 Å². The molecule has 1 aliphatic heterocycles. The Morgan fingerprint density at radius 2 is 2.19 bits per heavy atom. The Morgan fingerprint density at radius 3 is 2.75 bits per heavy atom. The molecule has 0 radical (unpaired) electrons. The van der Waals surface area contributed by atoms with Crippen LogP contribution < -0.4 is 10.6 Å². The smallest absolute Gasteiger partial charge is 0.151 e. The molecule has 0 unspecified atom stereocenters. The van der Waals surface area contributed by atoms with Crippen LogP contribution in [0.5, 0.6) is 0 Å². The van der Waals surface area contributed by atoms with Gasteiger partial charge in [-0.3, -0.25) is 0 Å². The molecule has 0 aliphatic carbocycles. The van der Waals surface area contributed by atoms with Crippen molar-refractivity contribution >= 4 is 11.5 Å². The molecule has 0 atom stereocenters. The van der Waals surface area contributed by atoms with E-state index in [0.29, 0.717) is 5.41 Å². The lowest BCUT2D eigenvalue weighted by Crippen LogP contribution is -2.27. The fourth-order valence-corrected chi connectivity index (χ4v) is 2.62. The maximum absolute atomic E-state index is 5.97. The maximum Gasteiger partial charge on any atom is 0.151 e. The molecule has 88 valence electrons. The molecule has 0 bridgehead atoms. The standard InChI is InChI=1S/C13H21N3/c1-3-13(4-2)7-9-16(10-13)12-11(14)6-5-8-15-12/h5-6,8H,3-4,7,9-10,14H2,1-2H3. The molecule has 1 fully saturated rings. The first-order valence-electron chi connectivity index (χ1n) is 6.16. The zero-order valence-electron chi connectivity index (χ0n) is 10.2. The molecule has 0 aromatic carbocycles. The Kier molecular flexibility index (Phi) is 3.03. The number of hydrogen-bond donors (Lipinski definition) is 1. The van der Waals surface area contributed by atoms with E-state index in [0.717, 1.165) is 24.6 Å². The molecule has 2 heterocycles. The van der Waals surface area contributed by atoms with Gasteiger partial charge in [0, 0.05) is 19.3 Å². The number of nitrogens with zero attached hydrogens (tertiary/aromatic N) is 2. The number of nitrogens with two attached hydrogens (primary N) is 1. The van der Waals surface area contributed by atoms with Crippen molar-refractivity contribution in [3.05, 3.63) is 18.3 Å². The van der Waals surface area contributed by atoms with Crippen LogP contribution in [0.2, 0.25) is 0 Å². The van der Waals surface area contributed by atoms with Crippen molar-refractivity contribution in [2.45, 2.75) is 33.1 Å². The summed E-state index contributed by atoms with van der Waals surface area (Å²) in [6.07, 6.45) is 5.57. The van der Waals surface area contributed by atoms with E-state index < -0.39 is 0 Å². The van der Waals surface area contributed by atoms with Crippen LogP contribution in [0.4, 0.5) is 11.5 Å². The molecule has 1 aliphatic rings. The van der Waals surface area contributed by atoms with Crippen molar-refractivity contribution in [2.75, 3.05) is 23.7 Å². The van der Waals surface area contributed by atoms with Gasteiger partial charge in [0.05, 0.1) is 5.69 Å². The van der Waals surface area contributed by atoms with Crippen molar-refractivity contribution in [1.29, 1.82) is 0 Å². The lowest BCUT2D eigenvalue weighted by atomic mass is 9.82. The highest BCUT2D eigenvalue weighted by Gasteiger charge is 2.35. The zero-order valence-corrected chi connectivity index (χ0v) is 10.2. The largest absolute Gasteiger partial charge is 0.396 e. The van der Waals surface area contributed by atoms with Gasteiger partial charge in [-0.2, -0.15) is 0 Å². The second-order valence-electron chi connectivity index (χ2n) is 4.79. The Hall–Kier alpha value is -1.25. The fraction of sp³-hybridized carbons (Fsp3) is 0.615. The highest BCUT2D eigenvalue weighted by atomic mass is 15.2. The van der Waals surface area contributed by atoms with Gasteiger partial charge in [0.15, 0.2) is 5.82 Å². The van der Waals surface area contributed by atoms with Crippen molar-refractivity contribution in [3.63, 3.8) is 0 Å². The Labute approximate surface area is 97.7 Å². The Balaban J connectivity index is 2.18. The first-order chi connectivity index (χ1) is 7.71. The summed E-state index contributed by atoms with van der Waals surface area (Å²) in [6, 6.07) is 3.82. The summed E-state index contributed by atoms with van der Waals surface area (Å²) < 4.78 is 0. The van der Waals surface area contributed by atoms with E-state index >= 15 is 0 Å². The number of rotatable bonds is 3. The average molecular weight is 219 g/mol. The number of anilines is 2. The van der Waals surface area contributed by atoms with Gasteiger partial charge in [-0.1, -0.05) is 13.8 Å². The predicted molar refractivity (Wildman–Crippen MR) is 68.5 cm³/mol. The SMILES string of the molecule is CCC1(CC)CCN(c2ncccc2N)C1. The van der Waals surface area contributed by atoms with Crippen molar-refractivity contribution < 1.29 is 0 Å². The summed E-state index contributed by atoms with van der Waals surface area (Å²) in [5.41, 5.74) is 7.24. The van der Waals surface area contributed by atoms with Crippen molar-refractivity contribution in [3.8, 4) is 0 Å². The molecule has 1 saturated heterocycles. The highest BCUT2D eigenvalue weighted by Crippen LogP contribution is 2.39. The topological polar surface area (TPSA) is 42.2 Å².